The topological polar surface area (TPSA) is 0 Å². The molecular formula is C74H126S4Sn2. The summed E-state index contributed by atoms with van der Waals surface area (Å²) in [7, 11) is 0. The second-order valence-corrected chi connectivity index (χ2v) is 58.5. The van der Waals surface area contributed by atoms with Gasteiger partial charge in [-0.3, -0.25) is 0 Å². The summed E-state index contributed by atoms with van der Waals surface area (Å²) in [6, 6.07) is 11.7. The van der Waals surface area contributed by atoms with Gasteiger partial charge in [-0.2, -0.15) is 0 Å². The van der Waals surface area contributed by atoms with Crippen molar-refractivity contribution in [3.8, 4) is 20.9 Å². The minimum absolute atomic E-state index is 1.27. The van der Waals surface area contributed by atoms with Gasteiger partial charge in [-0.15, -0.1) is 0 Å². The van der Waals surface area contributed by atoms with E-state index in [9.17, 15) is 0 Å². The van der Waals surface area contributed by atoms with Gasteiger partial charge in [-0.1, -0.05) is 79.1 Å². The van der Waals surface area contributed by atoms with Crippen LogP contribution in [0.4, 0.5) is 0 Å². The van der Waals surface area contributed by atoms with E-state index in [1.807, 2.05) is 5.79 Å². The minimum Gasteiger partial charge on any atom is -0.0654 e. The molecule has 0 aliphatic heterocycles. The van der Waals surface area contributed by atoms with Crippen LogP contribution in [-0.4, -0.2) is 36.8 Å². The van der Waals surface area contributed by atoms with Crippen LogP contribution in [-0.2, 0) is 25.7 Å². The van der Waals surface area contributed by atoms with E-state index < -0.39 is 36.8 Å². The van der Waals surface area contributed by atoms with Gasteiger partial charge in [0.15, 0.2) is 0 Å². The van der Waals surface area contributed by atoms with Gasteiger partial charge < -0.3 is 0 Å². The van der Waals surface area contributed by atoms with Crippen molar-refractivity contribution in [2.75, 3.05) is 0 Å². The van der Waals surface area contributed by atoms with Crippen molar-refractivity contribution in [2.24, 2.45) is 0 Å². The van der Waals surface area contributed by atoms with Crippen LogP contribution in [0.25, 0.3) is 41.1 Å². The Hall–Kier alpha value is 0.137. The van der Waals surface area contributed by atoms with Crippen molar-refractivity contribution in [3.63, 3.8) is 0 Å². The summed E-state index contributed by atoms with van der Waals surface area (Å²) >= 11 is 3.68. The van der Waals surface area contributed by atoms with Crippen molar-refractivity contribution in [1.82, 2.24) is 0 Å². The van der Waals surface area contributed by atoms with Gasteiger partial charge in [-0.25, -0.2) is 0 Å². The van der Waals surface area contributed by atoms with Crippen molar-refractivity contribution >= 4 is 108 Å². The van der Waals surface area contributed by atoms with Gasteiger partial charge in [0.1, 0.15) is 0 Å². The molecule has 6 heteroatoms. The van der Waals surface area contributed by atoms with Gasteiger partial charge >= 0.3 is 448 Å². The fourth-order valence-corrected chi connectivity index (χ4v) is 57.2. The first-order chi connectivity index (χ1) is 39.3. The molecule has 0 bridgehead atoms. The zero-order chi connectivity index (χ0) is 57.3. The number of hydrogen-bond donors (Lipinski definition) is 0. The van der Waals surface area contributed by atoms with Crippen LogP contribution in [0.1, 0.15) is 321 Å². The SMILES string of the molecule is CCCCCCCCc1cc(-c2c3c[c]([Sn]([CH2]CCC)([CH2]CCC)[CH2]CCC)sc3c(-c3cc(CCCCCCCC)c(CCCCCCCC)s3)c3c[c]([Sn]([CH2]CCC)([CH2]CCC)[CH2]CCC)sc23)sc1CCCCCCCC. The normalized spacial score (nSPS) is 12.4. The van der Waals surface area contributed by atoms with Crippen LogP contribution >= 0.6 is 45.3 Å². The molecule has 5 rings (SSSR count). The van der Waals surface area contributed by atoms with Crippen molar-refractivity contribution in [2.45, 2.75) is 353 Å². The fraction of sp³-hybridized carbons (Fsp3) is 0.757. The van der Waals surface area contributed by atoms with E-state index >= 15 is 0 Å². The van der Waals surface area contributed by atoms with E-state index in [2.05, 4.69) is 139 Å². The molecule has 454 valence electrons. The summed E-state index contributed by atoms with van der Waals surface area (Å²) in [5.41, 5.74) is 6.88. The van der Waals surface area contributed by atoms with Gasteiger partial charge in [0.2, 0.25) is 0 Å². The Morgan fingerprint density at radius 3 is 0.787 bits per heavy atom. The fourth-order valence-electron chi connectivity index (χ4n) is 13.7. The Bertz CT molecular complexity index is 2040. The Labute approximate surface area is 521 Å². The predicted octanol–water partition coefficient (Wildman–Crippen LogP) is 27.3. The van der Waals surface area contributed by atoms with Crippen LogP contribution in [0.2, 0.25) is 26.6 Å². The number of aryl methyl sites for hydroxylation is 4. The summed E-state index contributed by atoms with van der Waals surface area (Å²) in [6.07, 6.45) is 54.9. The first kappa shape index (κ1) is 70.9. The quantitative estimate of drug-likeness (QED) is 0.0269. The molecule has 0 spiro atoms. The summed E-state index contributed by atoms with van der Waals surface area (Å²) in [5.74, 6) is 0. The van der Waals surface area contributed by atoms with E-state index in [-0.39, 0.29) is 0 Å². The zero-order valence-electron chi connectivity index (χ0n) is 54.5. The van der Waals surface area contributed by atoms with Gasteiger partial charge in [0.25, 0.3) is 0 Å². The van der Waals surface area contributed by atoms with Gasteiger partial charge in [0.05, 0.1) is 0 Å². The Balaban J connectivity index is 1.91. The van der Waals surface area contributed by atoms with Gasteiger partial charge in [0, 0.05) is 0 Å². The minimum atomic E-state index is -2.86. The third kappa shape index (κ3) is 21.8. The molecule has 0 radical (unpaired) electrons. The smallest absolute Gasteiger partial charge is 0.0654 e. The number of rotatable bonds is 50. The molecule has 0 aliphatic carbocycles. The van der Waals surface area contributed by atoms with E-state index in [1.54, 1.807) is 88.6 Å². The third-order valence-electron chi connectivity index (χ3n) is 19.0. The van der Waals surface area contributed by atoms with Crippen LogP contribution in [0, 0.1) is 0 Å². The number of hydrogen-bond acceptors (Lipinski definition) is 4. The summed E-state index contributed by atoms with van der Waals surface area (Å²) in [6.45, 7) is 24.4. The van der Waals surface area contributed by atoms with Crippen LogP contribution < -0.4 is 5.79 Å². The first-order valence-electron chi connectivity index (χ1n) is 35.5. The van der Waals surface area contributed by atoms with E-state index in [0.717, 1.165) is 0 Å². The molecule has 0 nitrogen and oxygen atoms in total. The Morgan fingerprint density at radius 1 is 0.263 bits per heavy atom. The maximum absolute atomic E-state index is 3.01. The van der Waals surface area contributed by atoms with Crippen LogP contribution in [0.15, 0.2) is 24.3 Å². The standard InChI is InChI=1S/C50H72S4.6C4H9.2Sn/c1-5-9-13-17-21-25-29-39-37-45(53-43(39)31-27-23-19-15-11-7-3)47-41-33-35-52-50(41)48(42-34-36-51-49(42)47)46-38-40(30-26-22-18-14-10-6-2)44(54-46)32-28-24-20-16-12-8-4;6*1-3-4-2;;/h33-34,37-38H,5-32H2,1-4H3;6*1,3-4H2,2H3;;. The molecule has 0 saturated carbocycles. The van der Waals surface area contributed by atoms with Gasteiger partial charge in [-0.05, 0) is 0 Å². The molecule has 0 N–H and O–H groups in total. The number of unbranched alkanes of at least 4 members (excludes halogenated alkanes) is 26. The molecule has 80 heavy (non-hydrogen) atoms. The Morgan fingerprint density at radius 2 is 0.512 bits per heavy atom. The number of benzene rings is 1. The van der Waals surface area contributed by atoms with Crippen molar-refractivity contribution in [3.05, 3.63) is 45.1 Å². The molecule has 0 fully saturated rings. The predicted molar refractivity (Wildman–Crippen MR) is 381 cm³/mol. The van der Waals surface area contributed by atoms with E-state index in [4.69, 9.17) is 0 Å². The van der Waals surface area contributed by atoms with Crippen LogP contribution in [0.5, 0.6) is 0 Å². The molecule has 1 aromatic carbocycles. The average molecular weight is 1380 g/mol. The van der Waals surface area contributed by atoms with Crippen LogP contribution in [0.3, 0.4) is 0 Å². The van der Waals surface area contributed by atoms with Crippen molar-refractivity contribution in [1.29, 1.82) is 0 Å². The monoisotopic (exact) mass is 1380 g/mol. The second-order valence-electron chi connectivity index (χ2n) is 25.8. The average Bonchev–Trinajstić information content (AvgIpc) is 4.48. The summed E-state index contributed by atoms with van der Waals surface area (Å²) in [5, 5.41) is 3.40. The third-order valence-corrected chi connectivity index (χ3v) is 60.2. The molecule has 4 aromatic heterocycles. The molecule has 0 amide bonds. The molecule has 0 unspecified atom stereocenters. The molecule has 0 aliphatic rings. The van der Waals surface area contributed by atoms with E-state index in [1.165, 1.54) is 257 Å². The first-order valence-corrected chi connectivity index (χ1v) is 53.8. The molecule has 4 heterocycles. The maximum atomic E-state index is 3.01. The summed E-state index contributed by atoms with van der Waals surface area (Å²) in [4.78, 5) is 6.81. The van der Waals surface area contributed by atoms with E-state index in [0.29, 0.717) is 0 Å². The number of thiophene rings is 4. The Kier molecular flexibility index (Phi) is 36.6. The molecular weight excluding hydrogens is 1250 g/mol. The molecule has 0 saturated heterocycles. The molecule has 5 aromatic rings. The molecule has 0 atom stereocenters. The zero-order valence-corrected chi connectivity index (χ0v) is 63.4. The van der Waals surface area contributed by atoms with Crippen molar-refractivity contribution < 1.29 is 0 Å². The summed E-state index contributed by atoms with van der Waals surface area (Å²) < 4.78 is 16.7. The number of fused-ring (bicyclic) bond motifs is 2. The second kappa shape index (κ2) is 41.3.